The van der Waals surface area contributed by atoms with Gasteiger partial charge in [0.25, 0.3) is 0 Å². The molecule has 4 unspecified atom stereocenters. The molecule has 4 atom stereocenters. The number of nitrogens with one attached hydrogen (secondary N) is 1. The van der Waals surface area contributed by atoms with Crippen LogP contribution in [0.4, 0.5) is 0 Å². The van der Waals surface area contributed by atoms with Crippen LogP contribution < -0.4 is 5.32 Å². The SMILES string of the molecule is CC1CCC(NC(C(=O)O)c2ccccc2)CC1C. The molecule has 2 rings (SSSR count). The number of benzene rings is 1. The molecule has 3 heteroatoms. The van der Waals surface area contributed by atoms with Gasteiger partial charge in [-0.1, -0.05) is 44.2 Å². The van der Waals surface area contributed by atoms with Crippen molar-refractivity contribution in [2.45, 2.75) is 45.2 Å². The van der Waals surface area contributed by atoms with Crippen molar-refractivity contribution in [2.75, 3.05) is 0 Å². The summed E-state index contributed by atoms with van der Waals surface area (Å²) in [5.41, 5.74) is 0.835. The molecular formula is C16H23NO2. The van der Waals surface area contributed by atoms with Gasteiger partial charge in [-0.05, 0) is 36.7 Å². The topological polar surface area (TPSA) is 49.3 Å². The van der Waals surface area contributed by atoms with Crippen molar-refractivity contribution < 1.29 is 9.90 Å². The molecular weight excluding hydrogens is 238 g/mol. The Morgan fingerprint density at radius 1 is 1.21 bits per heavy atom. The van der Waals surface area contributed by atoms with Crippen molar-refractivity contribution in [3.63, 3.8) is 0 Å². The summed E-state index contributed by atoms with van der Waals surface area (Å²) in [7, 11) is 0. The van der Waals surface area contributed by atoms with Gasteiger partial charge in [0.15, 0.2) is 0 Å². The lowest BCUT2D eigenvalue weighted by Gasteiger charge is -2.34. The lowest BCUT2D eigenvalue weighted by atomic mass is 9.79. The molecule has 1 aliphatic rings. The maximum Gasteiger partial charge on any atom is 0.325 e. The Kier molecular flexibility index (Phi) is 4.59. The standard InChI is InChI=1S/C16H23NO2/c1-11-8-9-14(10-12(11)2)17-15(16(18)19)13-6-4-3-5-7-13/h3-7,11-12,14-15,17H,8-10H2,1-2H3,(H,18,19). The minimum absolute atomic E-state index is 0.313. The molecule has 2 N–H and O–H groups in total. The van der Waals surface area contributed by atoms with Crippen molar-refractivity contribution in [1.82, 2.24) is 5.32 Å². The molecule has 0 radical (unpaired) electrons. The zero-order chi connectivity index (χ0) is 13.8. The molecule has 1 saturated carbocycles. The molecule has 0 aromatic heterocycles. The van der Waals surface area contributed by atoms with Gasteiger partial charge < -0.3 is 5.11 Å². The number of rotatable bonds is 4. The summed E-state index contributed by atoms with van der Waals surface area (Å²) in [4.78, 5) is 11.5. The summed E-state index contributed by atoms with van der Waals surface area (Å²) in [5, 5.41) is 12.7. The van der Waals surface area contributed by atoms with E-state index in [4.69, 9.17) is 0 Å². The molecule has 3 nitrogen and oxygen atoms in total. The Bertz CT molecular complexity index is 418. The van der Waals surface area contributed by atoms with E-state index < -0.39 is 12.0 Å². The fraction of sp³-hybridized carbons (Fsp3) is 0.562. The Morgan fingerprint density at radius 2 is 1.89 bits per heavy atom. The van der Waals surface area contributed by atoms with Gasteiger partial charge >= 0.3 is 5.97 Å². The maximum atomic E-state index is 11.5. The van der Waals surface area contributed by atoms with E-state index in [1.54, 1.807) is 0 Å². The number of aliphatic carboxylic acids is 1. The van der Waals surface area contributed by atoms with E-state index in [2.05, 4.69) is 19.2 Å². The van der Waals surface area contributed by atoms with Crippen LogP contribution in [0.1, 0.15) is 44.7 Å². The fourth-order valence-electron chi connectivity index (χ4n) is 2.89. The summed E-state index contributed by atoms with van der Waals surface area (Å²) in [5.74, 6) is 0.618. The highest BCUT2D eigenvalue weighted by Crippen LogP contribution is 2.30. The third-order valence-electron chi connectivity index (χ3n) is 4.38. The van der Waals surface area contributed by atoms with Crippen LogP contribution in [0.3, 0.4) is 0 Å². The lowest BCUT2D eigenvalue weighted by Crippen LogP contribution is -2.41. The monoisotopic (exact) mass is 261 g/mol. The molecule has 104 valence electrons. The van der Waals surface area contributed by atoms with Gasteiger partial charge in [0.2, 0.25) is 0 Å². The van der Waals surface area contributed by atoms with Crippen LogP contribution in [0.5, 0.6) is 0 Å². The normalized spacial score (nSPS) is 28.8. The van der Waals surface area contributed by atoms with Crippen LogP contribution in [-0.4, -0.2) is 17.1 Å². The first kappa shape index (κ1) is 14.1. The second-order valence-electron chi connectivity index (χ2n) is 5.81. The van der Waals surface area contributed by atoms with E-state index in [0.717, 1.165) is 24.3 Å². The van der Waals surface area contributed by atoms with Crippen LogP contribution in [0.2, 0.25) is 0 Å². The summed E-state index contributed by atoms with van der Waals surface area (Å²) in [6.45, 7) is 4.55. The molecule has 1 aromatic carbocycles. The number of carboxylic acids is 1. The van der Waals surface area contributed by atoms with Gasteiger partial charge in [-0.3, -0.25) is 10.1 Å². The molecule has 0 spiro atoms. The van der Waals surface area contributed by atoms with Gasteiger partial charge in [0, 0.05) is 6.04 Å². The Labute approximate surface area is 115 Å². The number of carbonyl (C=O) groups is 1. The summed E-state index contributed by atoms with van der Waals surface area (Å²) >= 11 is 0. The zero-order valence-electron chi connectivity index (χ0n) is 11.7. The van der Waals surface area contributed by atoms with E-state index in [9.17, 15) is 9.90 Å². The highest BCUT2D eigenvalue weighted by atomic mass is 16.4. The smallest absolute Gasteiger partial charge is 0.325 e. The average Bonchev–Trinajstić information content (AvgIpc) is 2.40. The third-order valence-corrected chi connectivity index (χ3v) is 4.38. The summed E-state index contributed by atoms with van der Waals surface area (Å²) in [6.07, 6.45) is 3.32. The molecule has 0 saturated heterocycles. The molecule has 1 fully saturated rings. The van der Waals surface area contributed by atoms with E-state index in [1.807, 2.05) is 30.3 Å². The maximum absolute atomic E-state index is 11.5. The number of hydrogen-bond donors (Lipinski definition) is 2. The third kappa shape index (κ3) is 3.57. The Hall–Kier alpha value is -1.35. The van der Waals surface area contributed by atoms with Gasteiger partial charge in [-0.2, -0.15) is 0 Å². The zero-order valence-corrected chi connectivity index (χ0v) is 11.7. The van der Waals surface area contributed by atoms with Gasteiger partial charge in [0.05, 0.1) is 0 Å². The molecule has 0 bridgehead atoms. The second kappa shape index (κ2) is 6.20. The molecule has 0 aliphatic heterocycles. The predicted molar refractivity (Wildman–Crippen MR) is 75.9 cm³/mol. The van der Waals surface area contributed by atoms with E-state index in [0.29, 0.717) is 12.0 Å². The van der Waals surface area contributed by atoms with Crippen molar-refractivity contribution >= 4 is 5.97 Å². The minimum atomic E-state index is -0.794. The first-order valence-corrected chi connectivity index (χ1v) is 7.11. The van der Waals surface area contributed by atoms with Crippen LogP contribution in [-0.2, 0) is 4.79 Å². The van der Waals surface area contributed by atoms with E-state index in [1.165, 1.54) is 6.42 Å². The lowest BCUT2D eigenvalue weighted by molar-refractivity contribution is -0.140. The summed E-state index contributed by atoms with van der Waals surface area (Å²) in [6, 6.07) is 9.16. The Balaban J connectivity index is 2.04. The van der Waals surface area contributed by atoms with Crippen LogP contribution in [0, 0.1) is 11.8 Å². The molecule has 19 heavy (non-hydrogen) atoms. The van der Waals surface area contributed by atoms with Crippen molar-refractivity contribution in [1.29, 1.82) is 0 Å². The minimum Gasteiger partial charge on any atom is -0.480 e. The van der Waals surface area contributed by atoms with Crippen molar-refractivity contribution in [3.05, 3.63) is 35.9 Å². The average molecular weight is 261 g/mol. The highest BCUT2D eigenvalue weighted by Gasteiger charge is 2.28. The Morgan fingerprint density at radius 3 is 2.47 bits per heavy atom. The highest BCUT2D eigenvalue weighted by molar-refractivity contribution is 5.75. The van der Waals surface area contributed by atoms with Crippen LogP contribution in [0.15, 0.2) is 30.3 Å². The fourth-order valence-corrected chi connectivity index (χ4v) is 2.89. The largest absolute Gasteiger partial charge is 0.480 e. The van der Waals surface area contributed by atoms with Gasteiger partial charge in [-0.25, -0.2) is 0 Å². The van der Waals surface area contributed by atoms with E-state index in [-0.39, 0.29) is 0 Å². The number of hydrogen-bond acceptors (Lipinski definition) is 2. The van der Waals surface area contributed by atoms with Crippen molar-refractivity contribution in [3.8, 4) is 0 Å². The van der Waals surface area contributed by atoms with E-state index >= 15 is 0 Å². The molecule has 0 heterocycles. The quantitative estimate of drug-likeness (QED) is 0.875. The van der Waals surface area contributed by atoms with Gasteiger partial charge in [-0.15, -0.1) is 0 Å². The van der Waals surface area contributed by atoms with Crippen LogP contribution in [0.25, 0.3) is 0 Å². The van der Waals surface area contributed by atoms with Gasteiger partial charge in [0.1, 0.15) is 6.04 Å². The second-order valence-corrected chi connectivity index (χ2v) is 5.81. The molecule has 1 aliphatic carbocycles. The van der Waals surface area contributed by atoms with Crippen LogP contribution >= 0.6 is 0 Å². The number of carboxylic acid groups (broad SMARTS) is 1. The predicted octanol–water partition coefficient (Wildman–Crippen LogP) is 3.23. The molecule has 1 aromatic rings. The first-order chi connectivity index (χ1) is 9.08. The first-order valence-electron chi connectivity index (χ1n) is 7.11. The summed E-state index contributed by atoms with van der Waals surface area (Å²) < 4.78 is 0. The van der Waals surface area contributed by atoms with Crippen molar-refractivity contribution in [2.24, 2.45) is 11.8 Å². The molecule has 0 amide bonds.